The summed E-state index contributed by atoms with van der Waals surface area (Å²) >= 11 is 0. The van der Waals surface area contributed by atoms with Gasteiger partial charge in [0.15, 0.2) is 0 Å². The number of piperidine rings is 1. The summed E-state index contributed by atoms with van der Waals surface area (Å²) in [5.74, 6) is 0.875. The van der Waals surface area contributed by atoms with E-state index < -0.39 is 0 Å². The Bertz CT molecular complexity index is 221. The Kier molecular flexibility index (Phi) is 4.83. The zero-order valence-electron chi connectivity index (χ0n) is 11.5. The standard InChI is InChI=1S/C14H28N2O/c1-13-5-3-7-16(9-13)11-14(10-15-2)6-4-8-17-12-14/h13,15H,3-12H2,1-2H3. The first-order valence-electron chi connectivity index (χ1n) is 7.19. The van der Waals surface area contributed by atoms with Gasteiger partial charge < -0.3 is 15.0 Å². The van der Waals surface area contributed by atoms with E-state index in [9.17, 15) is 0 Å². The van der Waals surface area contributed by atoms with Crippen molar-refractivity contribution >= 4 is 0 Å². The van der Waals surface area contributed by atoms with E-state index in [-0.39, 0.29) is 0 Å². The van der Waals surface area contributed by atoms with Gasteiger partial charge in [0, 0.05) is 31.7 Å². The molecule has 3 heteroatoms. The molecule has 2 fully saturated rings. The fourth-order valence-corrected chi connectivity index (χ4v) is 3.51. The average Bonchev–Trinajstić information content (AvgIpc) is 2.30. The lowest BCUT2D eigenvalue weighted by atomic mass is 9.81. The number of ether oxygens (including phenoxy) is 1. The van der Waals surface area contributed by atoms with Crippen molar-refractivity contribution in [1.29, 1.82) is 0 Å². The lowest BCUT2D eigenvalue weighted by Crippen LogP contribution is -2.50. The summed E-state index contributed by atoms with van der Waals surface area (Å²) < 4.78 is 5.74. The normalized spacial score (nSPS) is 36.0. The summed E-state index contributed by atoms with van der Waals surface area (Å²) in [5.41, 5.74) is 0.365. The number of hydrogen-bond donors (Lipinski definition) is 1. The molecule has 0 radical (unpaired) electrons. The quantitative estimate of drug-likeness (QED) is 0.810. The van der Waals surface area contributed by atoms with Crippen molar-refractivity contribution in [2.24, 2.45) is 11.3 Å². The number of hydrogen-bond acceptors (Lipinski definition) is 3. The van der Waals surface area contributed by atoms with Crippen LogP contribution in [0.25, 0.3) is 0 Å². The van der Waals surface area contributed by atoms with Gasteiger partial charge in [-0.15, -0.1) is 0 Å². The minimum absolute atomic E-state index is 0.365. The second-order valence-electron chi connectivity index (χ2n) is 6.17. The number of likely N-dealkylation sites (tertiary alicyclic amines) is 1. The van der Waals surface area contributed by atoms with Crippen molar-refractivity contribution < 1.29 is 4.74 Å². The van der Waals surface area contributed by atoms with Crippen LogP contribution < -0.4 is 5.32 Å². The third kappa shape index (κ3) is 3.67. The fourth-order valence-electron chi connectivity index (χ4n) is 3.51. The highest BCUT2D eigenvalue weighted by molar-refractivity contribution is 4.88. The third-order valence-electron chi connectivity index (χ3n) is 4.26. The van der Waals surface area contributed by atoms with Crippen molar-refractivity contribution in [3.63, 3.8) is 0 Å². The van der Waals surface area contributed by atoms with E-state index in [0.717, 1.165) is 25.7 Å². The number of rotatable bonds is 4. The van der Waals surface area contributed by atoms with E-state index in [0.29, 0.717) is 5.41 Å². The van der Waals surface area contributed by atoms with Crippen molar-refractivity contribution in [2.75, 3.05) is 46.4 Å². The predicted octanol–water partition coefficient (Wildman–Crippen LogP) is 1.73. The molecule has 17 heavy (non-hydrogen) atoms. The van der Waals surface area contributed by atoms with E-state index in [2.05, 4.69) is 24.2 Å². The monoisotopic (exact) mass is 240 g/mol. The molecule has 0 bridgehead atoms. The van der Waals surface area contributed by atoms with Gasteiger partial charge in [-0.2, -0.15) is 0 Å². The Hall–Kier alpha value is -0.120. The van der Waals surface area contributed by atoms with Crippen LogP contribution in [0, 0.1) is 11.3 Å². The molecule has 2 heterocycles. The highest BCUT2D eigenvalue weighted by Gasteiger charge is 2.35. The maximum Gasteiger partial charge on any atom is 0.0546 e. The van der Waals surface area contributed by atoms with Crippen LogP contribution in [0.1, 0.15) is 32.6 Å². The van der Waals surface area contributed by atoms with Gasteiger partial charge in [0.05, 0.1) is 6.61 Å². The van der Waals surface area contributed by atoms with Gasteiger partial charge in [-0.3, -0.25) is 0 Å². The van der Waals surface area contributed by atoms with Gasteiger partial charge >= 0.3 is 0 Å². The molecule has 1 N–H and O–H groups in total. The van der Waals surface area contributed by atoms with E-state index in [1.165, 1.54) is 45.3 Å². The first kappa shape index (κ1) is 13.3. The second kappa shape index (κ2) is 6.17. The summed E-state index contributed by atoms with van der Waals surface area (Å²) in [6.45, 7) is 9.17. The van der Waals surface area contributed by atoms with Gasteiger partial charge in [0.2, 0.25) is 0 Å². The Morgan fingerprint density at radius 3 is 2.94 bits per heavy atom. The highest BCUT2D eigenvalue weighted by atomic mass is 16.5. The first-order valence-corrected chi connectivity index (χ1v) is 7.19. The molecule has 2 aliphatic rings. The van der Waals surface area contributed by atoms with E-state index >= 15 is 0 Å². The van der Waals surface area contributed by atoms with Gasteiger partial charge in [-0.1, -0.05) is 6.92 Å². The minimum Gasteiger partial charge on any atom is -0.381 e. The fraction of sp³-hybridized carbons (Fsp3) is 1.00. The van der Waals surface area contributed by atoms with Gasteiger partial charge in [-0.05, 0) is 45.2 Å². The molecule has 0 aromatic carbocycles. The van der Waals surface area contributed by atoms with Gasteiger partial charge in [0.1, 0.15) is 0 Å². The van der Waals surface area contributed by atoms with Crippen LogP contribution in [0.2, 0.25) is 0 Å². The van der Waals surface area contributed by atoms with Crippen LogP contribution >= 0.6 is 0 Å². The van der Waals surface area contributed by atoms with E-state index in [4.69, 9.17) is 4.74 Å². The Labute approximate surface area is 106 Å². The van der Waals surface area contributed by atoms with Crippen LogP contribution in [0.5, 0.6) is 0 Å². The molecule has 0 aromatic rings. The molecule has 0 aliphatic carbocycles. The first-order chi connectivity index (χ1) is 8.24. The minimum atomic E-state index is 0.365. The number of nitrogens with one attached hydrogen (secondary N) is 1. The molecule has 0 amide bonds. The second-order valence-corrected chi connectivity index (χ2v) is 6.17. The maximum atomic E-state index is 5.74. The Balaban J connectivity index is 1.91. The molecule has 2 aliphatic heterocycles. The lowest BCUT2D eigenvalue weighted by molar-refractivity contribution is -0.0306. The average molecular weight is 240 g/mol. The molecular weight excluding hydrogens is 212 g/mol. The summed E-state index contributed by atoms with van der Waals surface area (Å²) in [6.07, 6.45) is 5.33. The van der Waals surface area contributed by atoms with Crippen LogP contribution in [0.3, 0.4) is 0 Å². The van der Waals surface area contributed by atoms with Crippen molar-refractivity contribution in [2.45, 2.75) is 32.6 Å². The molecule has 100 valence electrons. The third-order valence-corrected chi connectivity index (χ3v) is 4.26. The van der Waals surface area contributed by atoms with Gasteiger partial charge in [-0.25, -0.2) is 0 Å². The zero-order valence-corrected chi connectivity index (χ0v) is 11.5. The molecule has 0 aromatic heterocycles. The van der Waals surface area contributed by atoms with Crippen LogP contribution in [-0.2, 0) is 4.74 Å². The SMILES string of the molecule is CNCC1(CN2CCCC(C)C2)CCCOC1. The van der Waals surface area contributed by atoms with Crippen LogP contribution in [0.15, 0.2) is 0 Å². The smallest absolute Gasteiger partial charge is 0.0546 e. The number of nitrogens with zero attached hydrogens (tertiary/aromatic N) is 1. The largest absolute Gasteiger partial charge is 0.381 e. The molecule has 0 spiro atoms. The lowest BCUT2D eigenvalue weighted by Gasteiger charge is -2.43. The highest BCUT2D eigenvalue weighted by Crippen LogP contribution is 2.30. The summed E-state index contributed by atoms with van der Waals surface area (Å²) in [7, 11) is 2.06. The summed E-state index contributed by atoms with van der Waals surface area (Å²) in [4.78, 5) is 2.67. The topological polar surface area (TPSA) is 24.5 Å². The van der Waals surface area contributed by atoms with Crippen molar-refractivity contribution in [1.82, 2.24) is 10.2 Å². The van der Waals surface area contributed by atoms with Crippen molar-refractivity contribution in [3.8, 4) is 0 Å². The van der Waals surface area contributed by atoms with E-state index in [1.807, 2.05) is 0 Å². The predicted molar refractivity (Wildman–Crippen MR) is 71.3 cm³/mol. The molecular formula is C14H28N2O. The zero-order chi connectivity index (χ0) is 12.1. The molecule has 2 rings (SSSR count). The molecule has 3 nitrogen and oxygen atoms in total. The molecule has 2 atom stereocenters. The van der Waals surface area contributed by atoms with Gasteiger partial charge in [0.25, 0.3) is 0 Å². The summed E-state index contributed by atoms with van der Waals surface area (Å²) in [6, 6.07) is 0. The van der Waals surface area contributed by atoms with Crippen LogP contribution in [0.4, 0.5) is 0 Å². The Morgan fingerprint density at radius 1 is 1.41 bits per heavy atom. The molecule has 2 unspecified atom stereocenters. The van der Waals surface area contributed by atoms with Crippen LogP contribution in [-0.4, -0.2) is 51.3 Å². The Morgan fingerprint density at radius 2 is 2.29 bits per heavy atom. The summed E-state index contributed by atoms with van der Waals surface area (Å²) in [5, 5.41) is 3.37. The van der Waals surface area contributed by atoms with Crippen molar-refractivity contribution in [3.05, 3.63) is 0 Å². The molecule has 2 saturated heterocycles. The maximum absolute atomic E-state index is 5.74. The molecule has 0 saturated carbocycles. The van der Waals surface area contributed by atoms with E-state index in [1.54, 1.807) is 0 Å².